The van der Waals surface area contributed by atoms with Crippen LogP contribution < -0.4 is 10.9 Å². The van der Waals surface area contributed by atoms with Gasteiger partial charge in [0.25, 0.3) is 11.5 Å². The third-order valence-electron chi connectivity index (χ3n) is 3.31. The smallest absolute Gasteiger partial charge is 0.276 e. The highest BCUT2D eigenvalue weighted by atomic mass is 16.2. The van der Waals surface area contributed by atoms with Crippen LogP contribution in [0.15, 0.2) is 29.1 Å². The number of aromatic nitrogens is 2. The maximum Gasteiger partial charge on any atom is 0.276 e. The molecular formula is C16H19N3O2. The Hall–Kier alpha value is -2.43. The van der Waals surface area contributed by atoms with Crippen molar-refractivity contribution in [1.29, 1.82) is 0 Å². The molecule has 1 amide bonds. The number of rotatable bonds is 3. The van der Waals surface area contributed by atoms with E-state index in [-0.39, 0.29) is 17.2 Å². The van der Waals surface area contributed by atoms with Gasteiger partial charge in [-0.3, -0.25) is 9.59 Å². The van der Waals surface area contributed by atoms with Gasteiger partial charge in [0, 0.05) is 18.3 Å². The van der Waals surface area contributed by atoms with Crippen molar-refractivity contribution in [2.45, 2.75) is 34.2 Å². The quantitative estimate of drug-likeness (QED) is 0.942. The van der Waals surface area contributed by atoms with Gasteiger partial charge in [0.05, 0.1) is 0 Å². The molecule has 1 aromatic carbocycles. The zero-order chi connectivity index (χ0) is 15.6. The number of anilines is 1. The van der Waals surface area contributed by atoms with Gasteiger partial charge in [-0.05, 0) is 44.9 Å². The summed E-state index contributed by atoms with van der Waals surface area (Å²) in [5.74, 6) is -0.313. The highest BCUT2D eigenvalue weighted by Crippen LogP contribution is 2.22. The van der Waals surface area contributed by atoms with Crippen LogP contribution in [0, 0.1) is 20.8 Å². The predicted octanol–water partition coefficient (Wildman–Crippen LogP) is 2.44. The topological polar surface area (TPSA) is 64.0 Å². The molecule has 5 nitrogen and oxygen atoms in total. The summed E-state index contributed by atoms with van der Waals surface area (Å²) in [6, 6.07) is 6.84. The third-order valence-corrected chi connectivity index (χ3v) is 3.31. The predicted molar refractivity (Wildman–Crippen MR) is 82.8 cm³/mol. The van der Waals surface area contributed by atoms with E-state index in [9.17, 15) is 9.59 Å². The maximum absolute atomic E-state index is 12.3. The molecule has 110 valence electrons. The fourth-order valence-corrected chi connectivity index (χ4v) is 2.35. The van der Waals surface area contributed by atoms with Gasteiger partial charge < -0.3 is 5.32 Å². The lowest BCUT2D eigenvalue weighted by Gasteiger charge is -2.13. The Bertz CT molecular complexity index is 724. The normalized spacial score (nSPS) is 10.5. The molecule has 0 unspecified atom stereocenters. The second-order valence-corrected chi connectivity index (χ2v) is 5.10. The fourth-order valence-electron chi connectivity index (χ4n) is 2.35. The molecule has 1 N–H and O–H groups in total. The summed E-state index contributed by atoms with van der Waals surface area (Å²) in [7, 11) is 0. The number of nitrogens with zero attached hydrogens (tertiary/aromatic N) is 2. The van der Waals surface area contributed by atoms with Crippen molar-refractivity contribution in [3.8, 4) is 0 Å². The lowest BCUT2D eigenvalue weighted by molar-refractivity contribution is 0.101. The fraction of sp³-hybridized carbons (Fsp3) is 0.312. The highest BCUT2D eigenvalue weighted by Gasteiger charge is 2.12. The molecule has 0 atom stereocenters. The van der Waals surface area contributed by atoms with E-state index in [0.717, 1.165) is 22.4 Å². The van der Waals surface area contributed by atoms with Gasteiger partial charge in [-0.15, -0.1) is 0 Å². The molecule has 0 saturated carbocycles. The van der Waals surface area contributed by atoms with Crippen molar-refractivity contribution in [2.75, 3.05) is 5.32 Å². The van der Waals surface area contributed by atoms with Crippen LogP contribution in [-0.2, 0) is 6.54 Å². The zero-order valence-corrected chi connectivity index (χ0v) is 12.7. The molecule has 0 aliphatic carbocycles. The van der Waals surface area contributed by atoms with Gasteiger partial charge in [0.1, 0.15) is 5.69 Å². The molecule has 0 radical (unpaired) electrons. The number of aryl methyl sites for hydroxylation is 4. The monoisotopic (exact) mass is 285 g/mol. The molecule has 0 fully saturated rings. The van der Waals surface area contributed by atoms with Crippen molar-refractivity contribution >= 4 is 11.6 Å². The number of carbonyl (C=O) groups is 1. The Labute approximate surface area is 123 Å². The summed E-state index contributed by atoms with van der Waals surface area (Å²) in [4.78, 5) is 23.8. The lowest BCUT2D eigenvalue weighted by Crippen LogP contribution is -2.25. The van der Waals surface area contributed by atoms with Gasteiger partial charge in [0.15, 0.2) is 0 Å². The Morgan fingerprint density at radius 2 is 1.81 bits per heavy atom. The van der Waals surface area contributed by atoms with E-state index >= 15 is 0 Å². The minimum Gasteiger partial charge on any atom is -0.320 e. The second kappa shape index (κ2) is 5.91. The second-order valence-electron chi connectivity index (χ2n) is 5.10. The number of amides is 1. The SMILES string of the molecule is CCn1nc(C(=O)Nc2c(C)cc(C)cc2C)ccc1=O. The standard InChI is InChI=1S/C16H19N3O2/c1-5-19-14(20)7-6-13(18-19)16(21)17-15-11(3)8-10(2)9-12(15)4/h6-9H,5H2,1-4H3,(H,17,21). The molecular weight excluding hydrogens is 266 g/mol. The van der Waals surface area contributed by atoms with Crippen LogP contribution in [0.1, 0.15) is 34.1 Å². The summed E-state index contributed by atoms with van der Waals surface area (Å²) in [6.07, 6.45) is 0. The number of benzene rings is 1. The first-order chi connectivity index (χ1) is 9.92. The van der Waals surface area contributed by atoms with Crippen LogP contribution in [0.5, 0.6) is 0 Å². The lowest BCUT2D eigenvalue weighted by atomic mass is 10.1. The summed E-state index contributed by atoms with van der Waals surface area (Å²) >= 11 is 0. The van der Waals surface area contributed by atoms with E-state index in [2.05, 4.69) is 10.4 Å². The van der Waals surface area contributed by atoms with Crippen LogP contribution in [0.3, 0.4) is 0 Å². The number of nitrogens with one attached hydrogen (secondary N) is 1. The molecule has 0 aliphatic rings. The molecule has 0 saturated heterocycles. The first-order valence-corrected chi connectivity index (χ1v) is 6.89. The molecule has 2 aromatic rings. The number of hydrogen-bond donors (Lipinski definition) is 1. The average Bonchev–Trinajstić information content (AvgIpc) is 2.43. The molecule has 1 aromatic heterocycles. The van der Waals surface area contributed by atoms with E-state index in [1.807, 2.05) is 39.8 Å². The van der Waals surface area contributed by atoms with Gasteiger partial charge >= 0.3 is 0 Å². The molecule has 0 aliphatic heterocycles. The van der Waals surface area contributed by atoms with Gasteiger partial charge in [-0.1, -0.05) is 17.7 Å². The summed E-state index contributed by atoms with van der Waals surface area (Å²) in [5.41, 5.74) is 3.98. The summed E-state index contributed by atoms with van der Waals surface area (Å²) in [6.45, 7) is 8.17. The zero-order valence-electron chi connectivity index (χ0n) is 12.7. The Morgan fingerprint density at radius 3 is 2.38 bits per heavy atom. The van der Waals surface area contributed by atoms with Gasteiger partial charge in [-0.25, -0.2) is 4.68 Å². The van der Waals surface area contributed by atoms with Crippen molar-refractivity contribution in [1.82, 2.24) is 9.78 Å². The minimum absolute atomic E-state index is 0.211. The van der Waals surface area contributed by atoms with Crippen molar-refractivity contribution in [2.24, 2.45) is 0 Å². The molecule has 21 heavy (non-hydrogen) atoms. The van der Waals surface area contributed by atoms with Crippen LogP contribution in [0.4, 0.5) is 5.69 Å². The van der Waals surface area contributed by atoms with Crippen molar-refractivity contribution in [3.63, 3.8) is 0 Å². The first-order valence-electron chi connectivity index (χ1n) is 6.89. The maximum atomic E-state index is 12.3. The first kappa shape index (κ1) is 15.0. The van der Waals surface area contributed by atoms with Crippen molar-refractivity contribution < 1.29 is 4.79 Å². The van der Waals surface area contributed by atoms with Gasteiger partial charge in [0.2, 0.25) is 0 Å². The minimum atomic E-state index is -0.313. The van der Waals surface area contributed by atoms with Crippen LogP contribution in [0.25, 0.3) is 0 Å². The molecule has 2 rings (SSSR count). The Morgan fingerprint density at radius 1 is 1.19 bits per heavy atom. The third kappa shape index (κ3) is 3.18. The van der Waals surface area contributed by atoms with E-state index in [4.69, 9.17) is 0 Å². The molecule has 1 heterocycles. The summed E-state index contributed by atoms with van der Waals surface area (Å²) < 4.78 is 1.27. The largest absolute Gasteiger partial charge is 0.320 e. The Balaban J connectivity index is 2.32. The van der Waals surface area contributed by atoms with E-state index in [1.165, 1.54) is 16.8 Å². The van der Waals surface area contributed by atoms with E-state index in [0.29, 0.717) is 6.54 Å². The van der Waals surface area contributed by atoms with E-state index < -0.39 is 0 Å². The van der Waals surface area contributed by atoms with Crippen LogP contribution >= 0.6 is 0 Å². The molecule has 0 spiro atoms. The number of carbonyl (C=O) groups excluding carboxylic acids is 1. The highest BCUT2D eigenvalue weighted by molar-refractivity contribution is 6.03. The average molecular weight is 285 g/mol. The van der Waals surface area contributed by atoms with Gasteiger partial charge in [-0.2, -0.15) is 5.10 Å². The van der Waals surface area contributed by atoms with Crippen molar-refractivity contribution in [3.05, 3.63) is 57.0 Å². The molecule has 5 heteroatoms. The van der Waals surface area contributed by atoms with Crippen LogP contribution in [-0.4, -0.2) is 15.7 Å². The summed E-state index contributed by atoms with van der Waals surface area (Å²) in [5, 5.41) is 6.93. The Kier molecular flexibility index (Phi) is 4.21. The van der Waals surface area contributed by atoms with Crippen LogP contribution in [0.2, 0.25) is 0 Å². The molecule has 0 bridgehead atoms. The number of hydrogen-bond acceptors (Lipinski definition) is 3. The van der Waals surface area contributed by atoms with E-state index in [1.54, 1.807) is 0 Å².